The largest absolute Gasteiger partial charge is 0.494 e. The summed E-state index contributed by atoms with van der Waals surface area (Å²) in [6.45, 7) is 4.76. The quantitative estimate of drug-likeness (QED) is 0.851. The number of aromatic nitrogens is 2. The molecule has 2 N–H and O–H groups in total. The Kier molecular flexibility index (Phi) is 3.99. The van der Waals surface area contributed by atoms with E-state index in [4.69, 9.17) is 4.74 Å². The molecule has 2 rings (SSSR count). The maximum Gasteiger partial charge on any atom is 0.137 e. The fraction of sp³-hybridized carbons (Fsp3) is 0.357. The monoisotopic (exact) mass is 245 g/mol. The Morgan fingerprint density at radius 1 is 1.33 bits per heavy atom. The summed E-state index contributed by atoms with van der Waals surface area (Å²) in [5.74, 6) is 1.77. The van der Waals surface area contributed by atoms with E-state index in [0.717, 1.165) is 22.8 Å². The molecule has 0 saturated heterocycles. The minimum absolute atomic E-state index is 0.272. The first-order valence-corrected chi connectivity index (χ1v) is 6.20. The molecule has 1 aromatic carbocycles. The van der Waals surface area contributed by atoms with Crippen LogP contribution in [-0.4, -0.2) is 23.6 Å². The standard InChI is InChI=1S/C14H19N3O/c1-4-18-12-7-5-11(6-8-12)14-16-9-13(17-14)10(2)15-3/h5-10,15H,4H2,1-3H3,(H,16,17). The van der Waals surface area contributed by atoms with Gasteiger partial charge in [-0.05, 0) is 45.2 Å². The third-order valence-corrected chi connectivity index (χ3v) is 2.93. The van der Waals surface area contributed by atoms with E-state index >= 15 is 0 Å². The lowest BCUT2D eigenvalue weighted by molar-refractivity contribution is 0.340. The van der Waals surface area contributed by atoms with Gasteiger partial charge in [-0.2, -0.15) is 0 Å². The van der Waals surface area contributed by atoms with Gasteiger partial charge in [0.15, 0.2) is 0 Å². The van der Waals surface area contributed by atoms with E-state index in [2.05, 4.69) is 22.2 Å². The summed E-state index contributed by atoms with van der Waals surface area (Å²) in [7, 11) is 1.93. The zero-order valence-corrected chi connectivity index (χ0v) is 11.0. The zero-order chi connectivity index (χ0) is 13.0. The Morgan fingerprint density at radius 2 is 2.06 bits per heavy atom. The Bertz CT molecular complexity index is 490. The molecule has 2 aromatic rings. The van der Waals surface area contributed by atoms with Gasteiger partial charge in [-0.3, -0.25) is 0 Å². The van der Waals surface area contributed by atoms with Crippen molar-refractivity contribution in [2.45, 2.75) is 19.9 Å². The highest BCUT2D eigenvalue weighted by Gasteiger charge is 2.08. The molecule has 0 aliphatic carbocycles. The van der Waals surface area contributed by atoms with Gasteiger partial charge in [0, 0.05) is 11.6 Å². The van der Waals surface area contributed by atoms with Crippen molar-refractivity contribution >= 4 is 0 Å². The number of nitrogens with zero attached hydrogens (tertiary/aromatic N) is 1. The molecule has 0 fully saturated rings. The molecule has 0 radical (unpaired) electrons. The van der Waals surface area contributed by atoms with Crippen molar-refractivity contribution in [2.75, 3.05) is 13.7 Å². The number of hydrogen-bond donors (Lipinski definition) is 2. The normalized spacial score (nSPS) is 12.4. The van der Waals surface area contributed by atoms with Gasteiger partial charge in [0.25, 0.3) is 0 Å². The van der Waals surface area contributed by atoms with Crippen LogP contribution < -0.4 is 10.1 Å². The van der Waals surface area contributed by atoms with Gasteiger partial charge in [-0.15, -0.1) is 0 Å². The first-order valence-electron chi connectivity index (χ1n) is 6.20. The molecule has 0 amide bonds. The molecular formula is C14H19N3O. The van der Waals surface area contributed by atoms with Gasteiger partial charge in [-0.25, -0.2) is 4.98 Å². The molecule has 0 bridgehead atoms. The highest BCUT2D eigenvalue weighted by molar-refractivity contribution is 5.56. The molecular weight excluding hydrogens is 226 g/mol. The molecule has 1 atom stereocenters. The van der Waals surface area contributed by atoms with E-state index in [1.165, 1.54) is 0 Å². The fourth-order valence-electron chi connectivity index (χ4n) is 1.73. The highest BCUT2D eigenvalue weighted by Crippen LogP contribution is 2.21. The number of hydrogen-bond acceptors (Lipinski definition) is 3. The molecule has 1 aromatic heterocycles. The van der Waals surface area contributed by atoms with Gasteiger partial charge in [0.1, 0.15) is 11.6 Å². The number of imidazole rings is 1. The van der Waals surface area contributed by atoms with Crippen LogP contribution in [0, 0.1) is 0 Å². The van der Waals surface area contributed by atoms with Gasteiger partial charge in [0.05, 0.1) is 18.5 Å². The second-order valence-electron chi connectivity index (χ2n) is 4.15. The van der Waals surface area contributed by atoms with Crippen LogP contribution in [-0.2, 0) is 0 Å². The average molecular weight is 245 g/mol. The van der Waals surface area contributed by atoms with E-state index in [1.54, 1.807) is 0 Å². The average Bonchev–Trinajstić information content (AvgIpc) is 2.89. The van der Waals surface area contributed by atoms with E-state index in [9.17, 15) is 0 Å². The molecule has 4 heteroatoms. The highest BCUT2D eigenvalue weighted by atomic mass is 16.5. The number of nitrogens with one attached hydrogen (secondary N) is 2. The summed E-state index contributed by atoms with van der Waals surface area (Å²) in [5, 5.41) is 3.18. The van der Waals surface area contributed by atoms with Crippen molar-refractivity contribution in [3.63, 3.8) is 0 Å². The fourth-order valence-corrected chi connectivity index (χ4v) is 1.73. The summed E-state index contributed by atoms with van der Waals surface area (Å²) >= 11 is 0. The summed E-state index contributed by atoms with van der Waals surface area (Å²) in [6, 6.07) is 8.22. The third-order valence-electron chi connectivity index (χ3n) is 2.93. The molecule has 0 aliphatic heterocycles. The summed E-state index contributed by atoms with van der Waals surface area (Å²) in [4.78, 5) is 7.71. The van der Waals surface area contributed by atoms with Crippen LogP contribution in [0.3, 0.4) is 0 Å². The number of aromatic amines is 1. The van der Waals surface area contributed by atoms with E-state index in [1.807, 2.05) is 44.4 Å². The second kappa shape index (κ2) is 5.69. The van der Waals surface area contributed by atoms with E-state index in [0.29, 0.717) is 6.61 Å². The van der Waals surface area contributed by atoms with Crippen LogP contribution in [0.4, 0.5) is 0 Å². The number of rotatable bonds is 5. The lowest BCUT2D eigenvalue weighted by Gasteiger charge is -2.06. The van der Waals surface area contributed by atoms with Crippen LogP contribution in [0.5, 0.6) is 5.75 Å². The van der Waals surface area contributed by atoms with Gasteiger partial charge < -0.3 is 15.0 Å². The smallest absolute Gasteiger partial charge is 0.137 e. The lowest BCUT2D eigenvalue weighted by Crippen LogP contribution is -2.12. The zero-order valence-electron chi connectivity index (χ0n) is 11.0. The molecule has 4 nitrogen and oxygen atoms in total. The summed E-state index contributed by atoms with van der Waals surface area (Å²) in [6.07, 6.45) is 1.87. The Hall–Kier alpha value is -1.81. The maximum atomic E-state index is 5.42. The second-order valence-corrected chi connectivity index (χ2v) is 4.15. The van der Waals surface area contributed by atoms with Gasteiger partial charge >= 0.3 is 0 Å². The maximum absolute atomic E-state index is 5.42. The molecule has 0 saturated carbocycles. The Morgan fingerprint density at radius 3 is 2.67 bits per heavy atom. The van der Waals surface area contributed by atoms with Crippen LogP contribution in [0.25, 0.3) is 11.4 Å². The number of H-pyrrole nitrogens is 1. The summed E-state index contributed by atoms with van der Waals surface area (Å²) < 4.78 is 5.42. The Labute approximate surface area is 107 Å². The molecule has 18 heavy (non-hydrogen) atoms. The predicted octanol–water partition coefficient (Wildman–Crippen LogP) is 2.76. The minimum atomic E-state index is 0.272. The van der Waals surface area contributed by atoms with Crippen molar-refractivity contribution in [3.05, 3.63) is 36.2 Å². The first kappa shape index (κ1) is 12.6. The third kappa shape index (κ3) is 2.71. The van der Waals surface area contributed by atoms with Gasteiger partial charge in [-0.1, -0.05) is 0 Å². The van der Waals surface area contributed by atoms with Crippen molar-refractivity contribution in [2.24, 2.45) is 0 Å². The lowest BCUT2D eigenvalue weighted by atomic mass is 10.2. The molecule has 1 heterocycles. The van der Waals surface area contributed by atoms with Crippen LogP contribution in [0.15, 0.2) is 30.5 Å². The minimum Gasteiger partial charge on any atom is -0.494 e. The van der Waals surface area contributed by atoms with Crippen molar-refractivity contribution in [1.82, 2.24) is 15.3 Å². The molecule has 96 valence electrons. The van der Waals surface area contributed by atoms with Crippen molar-refractivity contribution < 1.29 is 4.74 Å². The van der Waals surface area contributed by atoms with Crippen LogP contribution in [0.2, 0.25) is 0 Å². The molecule has 1 unspecified atom stereocenters. The van der Waals surface area contributed by atoms with Crippen LogP contribution >= 0.6 is 0 Å². The number of benzene rings is 1. The predicted molar refractivity (Wildman–Crippen MR) is 72.7 cm³/mol. The van der Waals surface area contributed by atoms with E-state index < -0.39 is 0 Å². The first-order chi connectivity index (χ1) is 8.74. The van der Waals surface area contributed by atoms with Crippen molar-refractivity contribution in [3.8, 4) is 17.1 Å². The van der Waals surface area contributed by atoms with Crippen molar-refractivity contribution in [1.29, 1.82) is 0 Å². The topological polar surface area (TPSA) is 49.9 Å². The summed E-state index contributed by atoms with van der Waals surface area (Å²) in [5.41, 5.74) is 2.15. The molecule has 0 aliphatic rings. The van der Waals surface area contributed by atoms with Gasteiger partial charge in [0.2, 0.25) is 0 Å². The number of ether oxygens (including phenoxy) is 1. The Balaban J connectivity index is 2.18. The van der Waals surface area contributed by atoms with E-state index in [-0.39, 0.29) is 6.04 Å². The SMILES string of the molecule is CCOc1ccc(-c2ncc(C(C)NC)[nH]2)cc1. The van der Waals surface area contributed by atoms with Crippen LogP contribution in [0.1, 0.15) is 25.6 Å². The molecule has 0 spiro atoms.